The summed E-state index contributed by atoms with van der Waals surface area (Å²) in [7, 11) is -3.82. The van der Waals surface area contributed by atoms with E-state index in [1.165, 1.54) is 35.7 Å². The fraction of sp³-hybridized carbons (Fsp3) is 0.609. The molecule has 2 aliphatic rings. The fourth-order valence-corrected chi connectivity index (χ4v) is 6.64. The second-order valence-electron chi connectivity index (χ2n) is 9.01. The molecule has 1 amide bonds. The lowest BCUT2D eigenvalue weighted by atomic mass is 9.94. The van der Waals surface area contributed by atoms with Gasteiger partial charge in [-0.25, -0.2) is 8.42 Å². The van der Waals surface area contributed by atoms with Crippen LogP contribution < -0.4 is 5.32 Å². The average Bonchev–Trinajstić information content (AvgIpc) is 3.22. The highest BCUT2D eigenvalue weighted by Crippen LogP contribution is 2.31. The molecule has 1 saturated carbocycles. The number of benzene rings is 1. The molecule has 0 atom stereocenters. The van der Waals surface area contributed by atoms with E-state index < -0.39 is 10.0 Å². The van der Waals surface area contributed by atoms with Gasteiger partial charge in [-0.2, -0.15) is 9.29 Å². The van der Waals surface area contributed by atoms with E-state index in [2.05, 4.69) is 15.5 Å². The van der Waals surface area contributed by atoms with Crippen molar-refractivity contribution in [2.45, 2.75) is 75.6 Å². The van der Waals surface area contributed by atoms with Crippen LogP contribution in [0.4, 0.5) is 0 Å². The predicted molar refractivity (Wildman–Crippen MR) is 125 cm³/mol. The number of hydrogen-bond acceptors (Lipinski definition) is 6. The highest BCUT2D eigenvalue weighted by atomic mass is 35.5. The highest BCUT2D eigenvalue weighted by molar-refractivity contribution is 7.89. The van der Waals surface area contributed by atoms with Crippen molar-refractivity contribution in [3.63, 3.8) is 0 Å². The lowest BCUT2D eigenvalue weighted by molar-refractivity contribution is -0.127. The van der Waals surface area contributed by atoms with Crippen LogP contribution in [0.1, 0.15) is 63.7 Å². The molecular formula is C23H31ClN4O4S. The van der Waals surface area contributed by atoms with Gasteiger partial charge in [0.1, 0.15) is 4.90 Å². The molecule has 0 radical (unpaired) electrons. The number of aryl methyl sites for hydroxylation is 1. The Morgan fingerprint density at radius 3 is 2.39 bits per heavy atom. The third-order valence-corrected chi connectivity index (χ3v) is 8.99. The van der Waals surface area contributed by atoms with Crippen LogP contribution in [-0.2, 0) is 14.8 Å². The Kier molecular flexibility index (Phi) is 7.71. The van der Waals surface area contributed by atoms with Crippen molar-refractivity contribution in [2.24, 2.45) is 5.92 Å². The molecule has 0 unspecified atom stereocenters. The quantitative estimate of drug-likeness (QED) is 0.663. The summed E-state index contributed by atoms with van der Waals surface area (Å²) in [5.41, 5.74) is 0.517. The van der Waals surface area contributed by atoms with Gasteiger partial charge in [-0.15, -0.1) is 0 Å². The van der Waals surface area contributed by atoms with E-state index in [9.17, 15) is 13.2 Å². The Bertz CT molecular complexity index is 1070. The van der Waals surface area contributed by atoms with Crippen LogP contribution >= 0.6 is 11.6 Å². The summed E-state index contributed by atoms with van der Waals surface area (Å²) in [6.45, 7) is 2.24. The summed E-state index contributed by atoms with van der Waals surface area (Å²) in [6.07, 6.45) is 9.14. The van der Waals surface area contributed by atoms with E-state index in [-0.39, 0.29) is 40.9 Å². The van der Waals surface area contributed by atoms with Gasteiger partial charge in [0, 0.05) is 37.5 Å². The zero-order valence-electron chi connectivity index (χ0n) is 18.9. The Morgan fingerprint density at radius 2 is 1.76 bits per heavy atom. The van der Waals surface area contributed by atoms with Gasteiger partial charge >= 0.3 is 0 Å². The summed E-state index contributed by atoms with van der Waals surface area (Å²) in [4.78, 5) is 17.0. The second-order valence-corrected chi connectivity index (χ2v) is 11.3. The van der Waals surface area contributed by atoms with Gasteiger partial charge in [-0.3, -0.25) is 4.79 Å². The van der Waals surface area contributed by atoms with Crippen molar-refractivity contribution in [3.05, 3.63) is 29.1 Å². The van der Waals surface area contributed by atoms with Crippen LogP contribution in [0, 0.1) is 12.8 Å². The third kappa shape index (κ3) is 5.75. The van der Waals surface area contributed by atoms with Crippen LogP contribution in [0.5, 0.6) is 0 Å². The molecule has 2 heterocycles. The lowest BCUT2D eigenvalue weighted by Gasteiger charge is -2.32. The first-order chi connectivity index (χ1) is 15.8. The summed E-state index contributed by atoms with van der Waals surface area (Å²) in [6, 6.07) is 4.92. The predicted octanol–water partition coefficient (Wildman–Crippen LogP) is 4.33. The van der Waals surface area contributed by atoms with Crippen LogP contribution in [0.2, 0.25) is 5.02 Å². The minimum Gasteiger partial charge on any atom is -0.353 e. The van der Waals surface area contributed by atoms with Crippen molar-refractivity contribution in [1.82, 2.24) is 19.8 Å². The molecule has 1 aliphatic carbocycles. The number of sulfonamides is 1. The number of piperidine rings is 1. The monoisotopic (exact) mass is 494 g/mol. The maximum absolute atomic E-state index is 13.3. The molecule has 4 rings (SSSR count). The minimum absolute atomic E-state index is 0.0153. The molecule has 2 aromatic rings. The molecule has 10 heteroatoms. The zero-order valence-corrected chi connectivity index (χ0v) is 20.5. The van der Waals surface area contributed by atoms with Crippen LogP contribution in [0.25, 0.3) is 11.4 Å². The minimum atomic E-state index is -3.82. The molecule has 1 aromatic carbocycles. The zero-order chi connectivity index (χ0) is 23.4. The molecule has 0 bridgehead atoms. The van der Waals surface area contributed by atoms with Gasteiger partial charge in [-0.05, 0) is 43.9 Å². The molecule has 180 valence electrons. The van der Waals surface area contributed by atoms with E-state index >= 15 is 0 Å². The first kappa shape index (κ1) is 24.2. The lowest BCUT2D eigenvalue weighted by Crippen LogP contribution is -2.45. The molecule has 1 aromatic heterocycles. The molecule has 1 N–H and O–H groups in total. The Hall–Kier alpha value is -1.97. The SMILES string of the molecule is Cc1nc(-c2ccc(Cl)c(S(=O)(=O)N3CCC(C(=O)NC4CCCCCCC4)CC3)c2)no1. The van der Waals surface area contributed by atoms with Crippen molar-refractivity contribution < 1.29 is 17.7 Å². The first-order valence-corrected chi connectivity index (χ1v) is 13.6. The fourth-order valence-electron chi connectivity index (χ4n) is 4.67. The third-order valence-electron chi connectivity index (χ3n) is 6.61. The first-order valence-electron chi connectivity index (χ1n) is 11.8. The van der Waals surface area contributed by atoms with Crippen molar-refractivity contribution >= 4 is 27.5 Å². The summed E-state index contributed by atoms with van der Waals surface area (Å²) >= 11 is 6.27. The molecule has 1 aliphatic heterocycles. The normalized spacial score (nSPS) is 19.7. The molecule has 33 heavy (non-hydrogen) atoms. The number of halogens is 1. The number of carbonyl (C=O) groups is 1. The maximum Gasteiger partial charge on any atom is 0.244 e. The number of amides is 1. The van der Waals surface area contributed by atoms with Gasteiger partial charge in [-0.1, -0.05) is 48.9 Å². The van der Waals surface area contributed by atoms with Crippen molar-refractivity contribution in [1.29, 1.82) is 0 Å². The number of hydrogen-bond donors (Lipinski definition) is 1. The summed E-state index contributed by atoms with van der Waals surface area (Å²) < 4.78 is 33.1. The summed E-state index contributed by atoms with van der Waals surface area (Å²) in [5.74, 6) is 0.602. The standard InChI is InChI=1S/C23H31ClN4O4S/c1-16-25-22(27-32-16)18-9-10-20(24)21(15-18)33(30,31)28-13-11-17(12-14-28)23(29)26-19-7-5-3-2-4-6-8-19/h9-10,15,17,19H,2-8,11-14H2,1H3,(H,26,29). The number of aromatic nitrogens is 2. The molecule has 1 saturated heterocycles. The van der Waals surface area contributed by atoms with Crippen molar-refractivity contribution in [2.75, 3.05) is 13.1 Å². The van der Waals surface area contributed by atoms with E-state index in [0.29, 0.717) is 30.1 Å². The molecule has 2 fully saturated rings. The van der Waals surface area contributed by atoms with Gasteiger partial charge < -0.3 is 9.84 Å². The topological polar surface area (TPSA) is 105 Å². The van der Waals surface area contributed by atoms with Gasteiger partial charge in [0.25, 0.3) is 0 Å². The average molecular weight is 495 g/mol. The number of carbonyl (C=O) groups excluding carboxylic acids is 1. The highest BCUT2D eigenvalue weighted by Gasteiger charge is 2.34. The Balaban J connectivity index is 1.40. The van der Waals surface area contributed by atoms with E-state index in [1.807, 2.05) is 0 Å². The Labute approximate surface area is 200 Å². The second kappa shape index (κ2) is 10.5. The van der Waals surface area contributed by atoms with Crippen molar-refractivity contribution in [3.8, 4) is 11.4 Å². The molecule has 0 spiro atoms. The largest absolute Gasteiger partial charge is 0.353 e. The summed E-state index contributed by atoms with van der Waals surface area (Å²) in [5, 5.41) is 7.23. The molecule has 8 nitrogen and oxygen atoms in total. The van der Waals surface area contributed by atoms with E-state index in [1.54, 1.807) is 13.0 Å². The van der Waals surface area contributed by atoms with Crippen LogP contribution in [0.3, 0.4) is 0 Å². The van der Waals surface area contributed by atoms with Gasteiger partial charge in [0.05, 0.1) is 5.02 Å². The Morgan fingerprint density at radius 1 is 1.09 bits per heavy atom. The maximum atomic E-state index is 13.3. The van der Waals surface area contributed by atoms with Crippen LogP contribution in [0.15, 0.2) is 27.6 Å². The number of nitrogens with zero attached hydrogens (tertiary/aromatic N) is 3. The van der Waals surface area contributed by atoms with Gasteiger partial charge in [0.15, 0.2) is 0 Å². The smallest absolute Gasteiger partial charge is 0.244 e. The van der Waals surface area contributed by atoms with Gasteiger partial charge in [0.2, 0.25) is 27.6 Å². The number of rotatable bonds is 5. The van der Waals surface area contributed by atoms with E-state index in [0.717, 1.165) is 25.7 Å². The number of nitrogens with one attached hydrogen (secondary N) is 1. The molecular weight excluding hydrogens is 464 g/mol. The van der Waals surface area contributed by atoms with Crippen LogP contribution in [-0.4, -0.2) is 47.9 Å². The van der Waals surface area contributed by atoms with E-state index in [4.69, 9.17) is 16.1 Å².